The molecule has 6 aromatic carbocycles. The van der Waals surface area contributed by atoms with Gasteiger partial charge in [-0.1, -0.05) is 72.8 Å². The van der Waals surface area contributed by atoms with Gasteiger partial charge in [0.25, 0.3) is 0 Å². The van der Waals surface area contributed by atoms with Gasteiger partial charge in [-0.15, -0.1) is 0 Å². The molecule has 4 heteroatoms. The third kappa shape index (κ3) is 4.20. The van der Waals surface area contributed by atoms with E-state index in [2.05, 4.69) is 96.0 Å². The summed E-state index contributed by atoms with van der Waals surface area (Å²) >= 11 is 0. The Morgan fingerprint density at radius 2 is 0.792 bits per heavy atom. The summed E-state index contributed by atoms with van der Waals surface area (Å²) in [6.45, 7) is 0. The summed E-state index contributed by atoms with van der Waals surface area (Å²) in [6.07, 6.45) is 3.83. The van der Waals surface area contributed by atoms with E-state index in [0.717, 1.165) is 47.9 Å². The van der Waals surface area contributed by atoms with Gasteiger partial charge in [-0.3, -0.25) is 0 Å². The highest BCUT2D eigenvalue weighted by Gasteiger charge is 2.21. The molecular weight excluding hydrogens is 585 g/mol. The summed E-state index contributed by atoms with van der Waals surface area (Å²) in [5.74, 6) is 0. The summed E-state index contributed by atoms with van der Waals surface area (Å²) < 4.78 is 4.81. The molecule has 2 aliphatic carbocycles. The SMILES string of the molecule is Cn1c2cc(-c3ccc(C#N)cc3)ccc2c2c3ccc(c21)CCc1ccc(c2c1c1ccc(-c4ccc(C#N)cc4)cc1n2C)CC3. The van der Waals surface area contributed by atoms with Crippen molar-refractivity contribution < 1.29 is 0 Å². The van der Waals surface area contributed by atoms with Gasteiger partial charge in [0.05, 0.1) is 34.3 Å². The van der Waals surface area contributed by atoms with Gasteiger partial charge in [-0.25, -0.2) is 0 Å². The van der Waals surface area contributed by atoms with E-state index < -0.39 is 0 Å². The third-order valence-electron chi connectivity index (χ3n) is 10.6. The van der Waals surface area contributed by atoms with Crippen LogP contribution in [0, 0.1) is 22.7 Å². The Balaban J connectivity index is 1.18. The maximum Gasteiger partial charge on any atom is 0.0991 e. The van der Waals surface area contributed by atoms with Gasteiger partial charge >= 0.3 is 0 Å². The van der Waals surface area contributed by atoms with E-state index in [1.54, 1.807) is 0 Å². The van der Waals surface area contributed by atoms with E-state index >= 15 is 0 Å². The Kier molecular flexibility index (Phi) is 6.29. The average Bonchev–Trinajstić information content (AvgIpc) is 3.60. The number of nitrogens with zero attached hydrogens (tertiary/aromatic N) is 4. The van der Waals surface area contributed by atoms with Crippen molar-refractivity contribution >= 4 is 43.6 Å². The number of aryl methyl sites for hydroxylation is 6. The van der Waals surface area contributed by atoms with Gasteiger partial charge in [-0.2, -0.15) is 10.5 Å². The lowest BCUT2D eigenvalue weighted by atomic mass is 9.90. The topological polar surface area (TPSA) is 57.4 Å². The number of aromatic nitrogens is 2. The molecule has 0 fully saturated rings. The van der Waals surface area contributed by atoms with Crippen LogP contribution in [0.15, 0.2) is 109 Å². The monoisotopic (exact) mass is 616 g/mol. The Labute approximate surface area is 279 Å². The highest BCUT2D eigenvalue weighted by molar-refractivity contribution is 6.13. The van der Waals surface area contributed by atoms with Crippen LogP contribution in [-0.2, 0) is 39.8 Å². The van der Waals surface area contributed by atoms with E-state index in [1.165, 1.54) is 65.9 Å². The van der Waals surface area contributed by atoms with Crippen molar-refractivity contribution in [3.8, 4) is 34.4 Å². The predicted molar refractivity (Wildman–Crippen MR) is 196 cm³/mol. The minimum Gasteiger partial charge on any atom is -0.343 e. The standard InChI is InChI=1S/C44H32N4/c1-47-39-23-35(29-7-3-27(25-45)4-8-29)19-21-37(39)41-31-11-15-33(43(41)47)17-13-32-12-16-34(18-14-31)44-42(32)38-22-20-36(24-40(38)48(44)2)30-9-5-28(26-46)6-10-30/h3-12,15-16,19-24H,13-14,17-18H2,1-2H3. The van der Waals surface area contributed by atoms with Gasteiger partial charge in [0.15, 0.2) is 0 Å². The van der Waals surface area contributed by atoms with E-state index in [-0.39, 0.29) is 0 Å². The minimum absolute atomic E-state index is 0.679. The molecule has 0 atom stereocenters. The summed E-state index contributed by atoms with van der Waals surface area (Å²) in [5, 5.41) is 23.9. The van der Waals surface area contributed by atoms with Crippen LogP contribution in [-0.4, -0.2) is 9.13 Å². The molecule has 2 heterocycles. The fraction of sp³-hybridized carbons (Fsp3) is 0.136. The normalized spacial score (nSPS) is 12.8. The second kappa shape index (κ2) is 10.7. The molecule has 0 spiro atoms. The summed E-state index contributed by atoms with van der Waals surface area (Å²) in [5.41, 5.74) is 16.6. The summed E-state index contributed by atoms with van der Waals surface area (Å²) in [7, 11) is 4.43. The van der Waals surface area contributed by atoms with Crippen molar-refractivity contribution in [2.24, 2.45) is 14.1 Å². The average molecular weight is 617 g/mol. The number of nitriles is 2. The van der Waals surface area contributed by atoms with Gasteiger partial charge in [0, 0.05) is 46.7 Å². The van der Waals surface area contributed by atoms with Crippen LogP contribution in [0.3, 0.4) is 0 Å². The maximum atomic E-state index is 9.27. The Morgan fingerprint density at radius 3 is 1.19 bits per heavy atom. The van der Waals surface area contributed by atoms with Crippen molar-refractivity contribution in [1.82, 2.24) is 9.13 Å². The first-order valence-corrected chi connectivity index (χ1v) is 16.6. The molecule has 228 valence electrons. The largest absolute Gasteiger partial charge is 0.343 e. The zero-order chi connectivity index (χ0) is 32.5. The second-order valence-corrected chi connectivity index (χ2v) is 13.2. The summed E-state index contributed by atoms with van der Waals surface area (Å²) in [6, 6.07) is 43.4. The molecule has 0 unspecified atom stereocenters. The smallest absolute Gasteiger partial charge is 0.0991 e. The number of hydrogen-bond acceptors (Lipinski definition) is 2. The predicted octanol–water partition coefficient (Wildman–Crippen LogP) is 9.94. The molecule has 0 saturated heterocycles. The first-order valence-electron chi connectivity index (χ1n) is 16.6. The van der Waals surface area contributed by atoms with Gasteiger partial charge in [0.1, 0.15) is 0 Å². The highest BCUT2D eigenvalue weighted by Crippen LogP contribution is 2.40. The molecule has 0 amide bonds. The molecule has 48 heavy (non-hydrogen) atoms. The molecule has 2 aliphatic rings. The minimum atomic E-state index is 0.679. The van der Waals surface area contributed by atoms with Crippen molar-refractivity contribution in [3.05, 3.63) is 143 Å². The maximum absolute atomic E-state index is 9.27. The second-order valence-electron chi connectivity index (χ2n) is 13.2. The van der Waals surface area contributed by atoms with Crippen molar-refractivity contribution in [3.63, 3.8) is 0 Å². The summed E-state index contributed by atoms with van der Waals surface area (Å²) in [4.78, 5) is 0. The van der Waals surface area contributed by atoms with Crippen molar-refractivity contribution in [2.75, 3.05) is 0 Å². The first-order chi connectivity index (χ1) is 23.5. The lowest BCUT2D eigenvalue weighted by molar-refractivity contribution is 0.918. The molecule has 0 radical (unpaired) electrons. The molecule has 4 bridgehead atoms. The van der Waals surface area contributed by atoms with Crippen molar-refractivity contribution in [2.45, 2.75) is 25.7 Å². The van der Waals surface area contributed by atoms with Crippen LogP contribution in [0.2, 0.25) is 0 Å². The fourth-order valence-corrected chi connectivity index (χ4v) is 8.19. The Hall–Kier alpha value is -6.10. The van der Waals surface area contributed by atoms with E-state index in [4.69, 9.17) is 0 Å². The third-order valence-corrected chi connectivity index (χ3v) is 10.6. The van der Waals surface area contributed by atoms with Crippen LogP contribution < -0.4 is 0 Å². The highest BCUT2D eigenvalue weighted by atomic mass is 14.9. The molecule has 0 aliphatic heterocycles. The van der Waals surface area contributed by atoms with Crippen LogP contribution in [0.1, 0.15) is 33.4 Å². The lowest BCUT2D eigenvalue weighted by Gasteiger charge is -2.15. The Morgan fingerprint density at radius 1 is 0.438 bits per heavy atom. The molecule has 0 saturated carbocycles. The van der Waals surface area contributed by atoms with Crippen molar-refractivity contribution in [1.29, 1.82) is 10.5 Å². The molecule has 4 nitrogen and oxygen atoms in total. The number of benzene rings is 6. The molecule has 0 N–H and O–H groups in total. The molecule has 10 rings (SSSR count). The van der Waals surface area contributed by atoms with E-state index in [9.17, 15) is 10.5 Å². The van der Waals surface area contributed by atoms with E-state index in [0.29, 0.717) is 11.1 Å². The molecule has 2 aromatic heterocycles. The lowest BCUT2D eigenvalue weighted by Crippen LogP contribution is -2.03. The van der Waals surface area contributed by atoms with Crippen LogP contribution >= 0.6 is 0 Å². The van der Waals surface area contributed by atoms with Gasteiger partial charge < -0.3 is 9.13 Å². The van der Waals surface area contributed by atoms with Gasteiger partial charge in [-0.05, 0) is 107 Å². The molecular formula is C44H32N4. The zero-order valence-corrected chi connectivity index (χ0v) is 27.0. The number of fused-ring (bicyclic) bond motifs is 7. The molecule has 8 aromatic rings. The Bertz CT molecular complexity index is 2500. The van der Waals surface area contributed by atoms with Crippen LogP contribution in [0.25, 0.3) is 65.9 Å². The quantitative estimate of drug-likeness (QED) is 0.194. The number of hydrogen-bond donors (Lipinski definition) is 0. The van der Waals surface area contributed by atoms with Crippen LogP contribution in [0.4, 0.5) is 0 Å². The van der Waals surface area contributed by atoms with Gasteiger partial charge in [0.2, 0.25) is 0 Å². The number of rotatable bonds is 2. The van der Waals surface area contributed by atoms with E-state index in [1.807, 2.05) is 48.5 Å². The zero-order valence-electron chi connectivity index (χ0n) is 27.0. The van der Waals surface area contributed by atoms with Crippen LogP contribution in [0.5, 0.6) is 0 Å². The fourth-order valence-electron chi connectivity index (χ4n) is 8.19. The first kappa shape index (κ1) is 28.1.